The zero-order valence-electron chi connectivity index (χ0n) is 9.18. The van der Waals surface area contributed by atoms with E-state index in [9.17, 15) is 0 Å². The van der Waals surface area contributed by atoms with E-state index in [0.29, 0.717) is 12.4 Å². The Balaban J connectivity index is 1.98. The normalized spacial score (nSPS) is 10.7. The fourth-order valence-electron chi connectivity index (χ4n) is 1.44. The second kappa shape index (κ2) is 6.12. The Labute approximate surface area is 113 Å². The van der Waals surface area contributed by atoms with E-state index in [1.165, 1.54) is 0 Å². The number of alkyl halides is 1. The van der Waals surface area contributed by atoms with Gasteiger partial charge in [-0.2, -0.15) is 0 Å². The Morgan fingerprint density at radius 3 is 2.88 bits per heavy atom. The molecule has 0 unspecified atom stereocenters. The molecule has 4 nitrogen and oxygen atoms in total. The van der Waals surface area contributed by atoms with E-state index in [0.717, 1.165) is 28.7 Å². The average Bonchev–Trinajstić information content (AvgIpc) is 2.77. The maximum atomic E-state index is 5.63. The predicted octanol–water partition coefficient (Wildman–Crippen LogP) is 2.66. The van der Waals surface area contributed by atoms with Crippen LogP contribution in [0.5, 0.6) is 0 Å². The minimum Gasteiger partial charge on any atom is -0.258 e. The number of halogens is 2. The number of rotatable bonds is 5. The average molecular weight is 316 g/mol. The van der Waals surface area contributed by atoms with E-state index in [2.05, 4.69) is 31.2 Å². The number of hydrogen-bond donors (Lipinski definition) is 0. The van der Waals surface area contributed by atoms with Crippen LogP contribution in [-0.2, 0) is 13.0 Å². The fraction of sp³-hybridized carbons (Fsp3) is 0.364. The monoisotopic (exact) mass is 314 g/mol. The van der Waals surface area contributed by atoms with Gasteiger partial charge in [0, 0.05) is 22.7 Å². The maximum Gasteiger partial charge on any atom is 0.0849 e. The highest BCUT2D eigenvalue weighted by Gasteiger charge is 2.02. The van der Waals surface area contributed by atoms with E-state index in [1.54, 1.807) is 10.9 Å². The van der Waals surface area contributed by atoms with Gasteiger partial charge in [0.1, 0.15) is 0 Å². The summed E-state index contributed by atoms with van der Waals surface area (Å²) >= 11 is 8.99. The quantitative estimate of drug-likeness (QED) is 0.797. The van der Waals surface area contributed by atoms with Crippen LogP contribution in [0.15, 0.2) is 29.0 Å². The summed E-state index contributed by atoms with van der Waals surface area (Å²) in [5.74, 6) is 0.654. The molecule has 0 aliphatic rings. The second-order valence-electron chi connectivity index (χ2n) is 3.67. The molecular weight excluding hydrogens is 304 g/mol. The highest BCUT2D eigenvalue weighted by Crippen LogP contribution is 2.08. The van der Waals surface area contributed by atoms with Crippen LogP contribution in [0, 0.1) is 0 Å². The molecule has 0 amide bonds. The van der Waals surface area contributed by atoms with Crippen molar-refractivity contribution in [2.75, 3.05) is 5.88 Å². The highest BCUT2D eigenvalue weighted by molar-refractivity contribution is 9.10. The molecule has 0 atom stereocenters. The standard InChI is InChI=1S/C11H12BrClN4/c12-9-3-4-10(14-6-9)7-17-8-11(15-16-17)2-1-5-13/h3-4,6,8H,1-2,5,7H2. The number of hydrogen-bond acceptors (Lipinski definition) is 3. The van der Waals surface area contributed by atoms with Gasteiger partial charge in [0.2, 0.25) is 0 Å². The van der Waals surface area contributed by atoms with E-state index >= 15 is 0 Å². The Morgan fingerprint density at radius 1 is 1.29 bits per heavy atom. The molecule has 0 aromatic carbocycles. The minimum absolute atomic E-state index is 0.640. The van der Waals surface area contributed by atoms with Crippen LogP contribution < -0.4 is 0 Å². The van der Waals surface area contributed by atoms with E-state index in [-0.39, 0.29) is 0 Å². The zero-order valence-corrected chi connectivity index (χ0v) is 11.5. The topological polar surface area (TPSA) is 43.6 Å². The summed E-state index contributed by atoms with van der Waals surface area (Å²) in [6.07, 6.45) is 5.52. The van der Waals surface area contributed by atoms with Crippen molar-refractivity contribution in [2.45, 2.75) is 19.4 Å². The molecule has 0 aliphatic carbocycles. The third-order valence-corrected chi connectivity index (χ3v) is 3.00. The summed E-state index contributed by atoms with van der Waals surface area (Å²) in [6, 6.07) is 3.93. The van der Waals surface area contributed by atoms with Gasteiger partial charge in [-0.3, -0.25) is 4.98 Å². The van der Waals surface area contributed by atoms with Gasteiger partial charge in [0.15, 0.2) is 0 Å². The lowest BCUT2D eigenvalue weighted by atomic mass is 10.3. The summed E-state index contributed by atoms with van der Waals surface area (Å²) in [5.41, 5.74) is 1.93. The van der Waals surface area contributed by atoms with Crippen molar-refractivity contribution in [3.05, 3.63) is 40.4 Å². The van der Waals surface area contributed by atoms with Crippen LogP contribution in [0.3, 0.4) is 0 Å². The fourth-order valence-corrected chi connectivity index (χ4v) is 1.81. The van der Waals surface area contributed by atoms with Gasteiger partial charge >= 0.3 is 0 Å². The molecule has 6 heteroatoms. The summed E-state index contributed by atoms with van der Waals surface area (Å²) in [5, 5.41) is 8.14. The predicted molar refractivity (Wildman–Crippen MR) is 70.1 cm³/mol. The molecule has 0 bridgehead atoms. The summed E-state index contributed by atoms with van der Waals surface area (Å²) in [6.45, 7) is 0.640. The van der Waals surface area contributed by atoms with Gasteiger partial charge in [-0.25, -0.2) is 4.68 Å². The van der Waals surface area contributed by atoms with Crippen LogP contribution in [0.2, 0.25) is 0 Å². The first-order valence-electron chi connectivity index (χ1n) is 5.33. The molecule has 2 aromatic rings. The first-order valence-corrected chi connectivity index (χ1v) is 6.66. The molecule has 2 rings (SSSR count). The van der Waals surface area contributed by atoms with Crippen molar-refractivity contribution in [1.82, 2.24) is 20.0 Å². The van der Waals surface area contributed by atoms with Gasteiger partial charge in [-0.1, -0.05) is 5.21 Å². The molecule has 0 radical (unpaired) electrons. The third-order valence-electron chi connectivity index (χ3n) is 2.27. The van der Waals surface area contributed by atoms with Crippen molar-refractivity contribution in [3.63, 3.8) is 0 Å². The summed E-state index contributed by atoms with van der Waals surface area (Å²) in [4.78, 5) is 4.29. The van der Waals surface area contributed by atoms with E-state index in [1.807, 2.05) is 18.3 Å². The molecule has 0 aliphatic heterocycles. The van der Waals surface area contributed by atoms with Gasteiger partial charge in [-0.15, -0.1) is 16.7 Å². The molecule has 0 fully saturated rings. The van der Waals surface area contributed by atoms with Crippen molar-refractivity contribution in [3.8, 4) is 0 Å². The molecule has 2 heterocycles. The number of pyridine rings is 1. The van der Waals surface area contributed by atoms with Crippen LogP contribution in [0.25, 0.3) is 0 Å². The zero-order chi connectivity index (χ0) is 12.1. The Morgan fingerprint density at radius 2 is 2.18 bits per heavy atom. The number of aromatic nitrogens is 4. The lowest BCUT2D eigenvalue weighted by molar-refractivity contribution is 0.638. The van der Waals surface area contributed by atoms with Crippen LogP contribution in [0.1, 0.15) is 17.8 Å². The second-order valence-corrected chi connectivity index (χ2v) is 4.96. The Hall–Kier alpha value is -0.940. The smallest absolute Gasteiger partial charge is 0.0849 e. The van der Waals surface area contributed by atoms with Gasteiger partial charge < -0.3 is 0 Å². The van der Waals surface area contributed by atoms with Crippen LogP contribution in [-0.4, -0.2) is 25.9 Å². The molecule has 0 N–H and O–H groups in total. The minimum atomic E-state index is 0.640. The largest absolute Gasteiger partial charge is 0.258 e. The van der Waals surface area contributed by atoms with Gasteiger partial charge in [0.05, 0.1) is 17.9 Å². The molecule has 0 saturated carbocycles. The van der Waals surface area contributed by atoms with Crippen LogP contribution in [0.4, 0.5) is 0 Å². The Bertz CT molecular complexity index is 469. The van der Waals surface area contributed by atoms with Crippen molar-refractivity contribution >= 4 is 27.5 Å². The first kappa shape index (κ1) is 12.5. The van der Waals surface area contributed by atoms with Gasteiger partial charge in [-0.05, 0) is 40.9 Å². The van der Waals surface area contributed by atoms with E-state index in [4.69, 9.17) is 11.6 Å². The Kier molecular flexibility index (Phi) is 4.50. The summed E-state index contributed by atoms with van der Waals surface area (Å²) in [7, 11) is 0. The molecule has 0 saturated heterocycles. The lowest BCUT2D eigenvalue weighted by Gasteiger charge is -1.99. The van der Waals surface area contributed by atoms with Crippen molar-refractivity contribution < 1.29 is 0 Å². The summed E-state index contributed by atoms with van der Waals surface area (Å²) < 4.78 is 2.77. The van der Waals surface area contributed by atoms with Crippen molar-refractivity contribution in [2.24, 2.45) is 0 Å². The first-order chi connectivity index (χ1) is 8.28. The molecule has 17 heavy (non-hydrogen) atoms. The molecular formula is C11H12BrClN4. The van der Waals surface area contributed by atoms with Gasteiger partial charge in [0.25, 0.3) is 0 Å². The SMILES string of the molecule is ClCCCc1cn(Cc2ccc(Br)cn2)nn1. The number of aryl methyl sites for hydroxylation is 1. The maximum absolute atomic E-state index is 5.63. The highest BCUT2D eigenvalue weighted by atomic mass is 79.9. The van der Waals surface area contributed by atoms with Crippen molar-refractivity contribution in [1.29, 1.82) is 0 Å². The van der Waals surface area contributed by atoms with Crippen LogP contribution >= 0.6 is 27.5 Å². The molecule has 2 aromatic heterocycles. The van der Waals surface area contributed by atoms with E-state index < -0.39 is 0 Å². The molecule has 0 spiro atoms. The number of nitrogens with zero attached hydrogens (tertiary/aromatic N) is 4. The lowest BCUT2D eigenvalue weighted by Crippen LogP contribution is -2.02. The molecule has 90 valence electrons. The third kappa shape index (κ3) is 3.78.